The molecule has 3 rings (SSSR count). The number of hydrogen-bond donors (Lipinski definition) is 1. The fourth-order valence-corrected chi connectivity index (χ4v) is 3.65. The molecule has 0 aromatic heterocycles. The molecule has 0 amide bonds. The van der Waals surface area contributed by atoms with E-state index in [0.29, 0.717) is 18.0 Å². The van der Waals surface area contributed by atoms with Crippen LogP contribution >= 0.6 is 0 Å². The Morgan fingerprint density at radius 3 is 2.06 bits per heavy atom. The summed E-state index contributed by atoms with van der Waals surface area (Å²) in [6, 6.07) is 2.06. The third kappa shape index (κ3) is 1.91. The van der Waals surface area contributed by atoms with E-state index in [2.05, 4.69) is 18.7 Å². The molecule has 1 aliphatic heterocycles. The number of piperidine rings is 1. The molecule has 1 saturated heterocycles. The highest BCUT2D eigenvalue weighted by Gasteiger charge is 2.47. The van der Waals surface area contributed by atoms with E-state index in [-0.39, 0.29) is 0 Å². The average molecular weight is 222 g/mol. The van der Waals surface area contributed by atoms with Gasteiger partial charge in [0, 0.05) is 24.7 Å². The van der Waals surface area contributed by atoms with Crippen LogP contribution in [0.25, 0.3) is 0 Å². The fraction of sp³-hybridized carbons (Fsp3) is 1.00. The van der Waals surface area contributed by atoms with Gasteiger partial charge in [-0.2, -0.15) is 0 Å². The third-order valence-corrected chi connectivity index (χ3v) is 5.27. The summed E-state index contributed by atoms with van der Waals surface area (Å²) >= 11 is 0. The minimum atomic E-state index is 0.435. The van der Waals surface area contributed by atoms with Gasteiger partial charge in [-0.3, -0.25) is 4.90 Å². The lowest BCUT2D eigenvalue weighted by Gasteiger charge is -2.46. The van der Waals surface area contributed by atoms with Crippen molar-refractivity contribution in [3.05, 3.63) is 0 Å². The quantitative estimate of drug-likeness (QED) is 0.793. The van der Waals surface area contributed by atoms with Crippen molar-refractivity contribution in [1.29, 1.82) is 0 Å². The van der Waals surface area contributed by atoms with Gasteiger partial charge in [-0.25, -0.2) is 0 Å². The van der Waals surface area contributed by atoms with E-state index in [9.17, 15) is 0 Å². The Labute approximate surface area is 99.6 Å². The van der Waals surface area contributed by atoms with E-state index in [1.54, 1.807) is 0 Å². The zero-order valence-corrected chi connectivity index (χ0v) is 10.7. The number of nitrogens with two attached hydrogens (primary N) is 1. The Balaban J connectivity index is 1.72. The fourth-order valence-electron chi connectivity index (χ4n) is 3.65. The van der Waals surface area contributed by atoms with Crippen LogP contribution in [0.4, 0.5) is 0 Å². The number of rotatable bonds is 3. The Bertz CT molecular complexity index is 245. The van der Waals surface area contributed by atoms with E-state index >= 15 is 0 Å². The molecule has 1 heterocycles. The zero-order chi connectivity index (χ0) is 11.3. The first-order valence-electron chi connectivity index (χ1n) is 7.20. The molecule has 3 atom stereocenters. The highest BCUT2D eigenvalue weighted by Crippen LogP contribution is 2.48. The molecule has 3 aliphatic rings. The molecule has 0 radical (unpaired) electrons. The van der Waals surface area contributed by atoms with Crippen molar-refractivity contribution < 1.29 is 0 Å². The summed E-state index contributed by atoms with van der Waals surface area (Å²) in [7, 11) is 0. The van der Waals surface area contributed by atoms with Crippen LogP contribution in [0.2, 0.25) is 0 Å². The molecular weight excluding hydrogens is 196 g/mol. The van der Waals surface area contributed by atoms with Crippen LogP contribution in [-0.4, -0.2) is 29.6 Å². The van der Waals surface area contributed by atoms with Crippen LogP contribution in [0.15, 0.2) is 0 Å². The molecule has 2 N–H and O–H groups in total. The monoisotopic (exact) mass is 222 g/mol. The second-order valence-electron chi connectivity index (χ2n) is 6.46. The van der Waals surface area contributed by atoms with Crippen LogP contribution in [0.1, 0.15) is 46.0 Å². The maximum absolute atomic E-state index is 6.19. The van der Waals surface area contributed by atoms with Gasteiger partial charge in [-0.05, 0) is 56.8 Å². The average Bonchev–Trinajstić information content (AvgIpc) is 3.12. The second kappa shape index (κ2) is 3.99. The largest absolute Gasteiger partial charge is 0.327 e. The van der Waals surface area contributed by atoms with Gasteiger partial charge in [-0.1, -0.05) is 6.92 Å². The lowest BCUT2D eigenvalue weighted by atomic mass is 9.85. The van der Waals surface area contributed by atoms with Crippen LogP contribution in [0.3, 0.4) is 0 Å². The maximum Gasteiger partial charge on any atom is 0.0155 e. The normalized spacial score (nSPS) is 41.6. The molecule has 0 aromatic carbocycles. The van der Waals surface area contributed by atoms with Gasteiger partial charge in [0.2, 0.25) is 0 Å². The van der Waals surface area contributed by atoms with E-state index in [1.807, 2.05) is 0 Å². The summed E-state index contributed by atoms with van der Waals surface area (Å²) in [6.07, 6.45) is 7.17. The Morgan fingerprint density at radius 2 is 1.56 bits per heavy atom. The zero-order valence-electron chi connectivity index (χ0n) is 10.7. The van der Waals surface area contributed by atoms with Crippen molar-refractivity contribution in [1.82, 2.24) is 4.90 Å². The molecule has 0 spiro atoms. The molecule has 0 bridgehead atoms. The van der Waals surface area contributed by atoms with Gasteiger partial charge in [0.15, 0.2) is 0 Å². The molecule has 0 aromatic rings. The van der Waals surface area contributed by atoms with Gasteiger partial charge < -0.3 is 5.73 Å². The van der Waals surface area contributed by atoms with Crippen molar-refractivity contribution in [2.45, 2.75) is 64.1 Å². The summed E-state index contributed by atoms with van der Waals surface area (Å²) < 4.78 is 0. The number of likely N-dealkylation sites (tertiary alicyclic amines) is 1. The first-order valence-corrected chi connectivity index (χ1v) is 7.20. The molecule has 2 heteroatoms. The highest BCUT2D eigenvalue weighted by molar-refractivity contribution is 5.01. The SMILES string of the molecule is CC1C(N)CCN(C(C2CC2)C2CC2)C1C. The minimum Gasteiger partial charge on any atom is -0.327 e. The maximum atomic E-state index is 6.19. The number of hydrogen-bond acceptors (Lipinski definition) is 2. The molecule has 2 aliphatic carbocycles. The highest BCUT2D eigenvalue weighted by atomic mass is 15.2. The topological polar surface area (TPSA) is 29.3 Å². The summed E-state index contributed by atoms with van der Waals surface area (Å²) in [6.45, 7) is 6.00. The molecule has 2 saturated carbocycles. The second-order valence-corrected chi connectivity index (χ2v) is 6.46. The summed E-state index contributed by atoms with van der Waals surface area (Å²) in [5.74, 6) is 2.75. The molecule has 92 valence electrons. The van der Waals surface area contributed by atoms with Crippen molar-refractivity contribution in [3.8, 4) is 0 Å². The standard InChI is InChI=1S/C14H26N2/c1-9-10(2)16(8-7-13(9)15)14(11-3-4-11)12-5-6-12/h9-14H,3-8,15H2,1-2H3. The molecule has 3 fully saturated rings. The van der Waals surface area contributed by atoms with Gasteiger partial charge >= 0.3 is 0 Å². The van der Waals surface area contributed by atoms with Crippen molar-refractivity contribution in [2.24, 2.45) is 23.5 Å². The minimum absolute atomic E-state index is 0.435. The third-order valence-electron chi connectivity index (χ3n) is 5.27. The van der Waals surface area contributed by atoms with E-state index in [0.717, 1.165) is 17.9 Å². The Hall–Kier alpha value is -0.0800. The Kier molecular flexibility index (Phi) is 2.75. The predicted molar refractivity (Wildman–Crippen MR) is 67.2 cm³/mol. The lowest BCUT2D eigenvalue weighted by molar-refractivity contribution is 0.0372. The van der Waals surface area contributed by atoms with Crippen molar-refractivity contribution in [2.75, 3.05) is 6.54 Å². The smallest absolute Gasteiger partial charge is 0.0155 e. The summed E-state index contributed by atoms with van der Waals surface area (Å²) in [5.41, 5.74) is 6.19. The predicted octanol–water partition coefficient (Wildman–Crippen LogP) is 2.23. The summed E-state index contributed by atoms with van der Waals surface area (Å²) in [4.78, 5) is 2.82. The summed E-state index contributed by atoms with van der Waals surface area (Å²) in [5, 5.41) is 0. The van der Waals surface area contributed by atoms with Crippen molar-refractivity contribution in [3.63, 3.8) is 0 Å². The lowest BCUT2D eigenvalue weighted by Crippen LogP contribution is -2.56. The van der Waals surface area contributed by atoms with Crippen LogP contribution in [0.5, 0.6) is 0 Å². The molecular formula is C14H26N2. The van der Waals surface area contributed by atoms with Gasteiger partial charge in [0.05, 0.1) is 0 Å². The van der Waals surface area contributed by atoms with Crippen molar-refractivity contribution >= 4 is 0 Å². The van der Waals surface area contributed by atoms with Crippen LogP contribution in [-0.2, 0) is 0 Å². The van der Waals surface area contributed by atoms with Gasteiger partial charge in [0.1, 0.15) is 0 Å². The first-order chi connectivity index (χ1) is 7.68. The molecule has 16 heavy (non-hydrogen) atoms. The van der Waals surface area contributed by atoms with Crippen LogP contribution in [0, 0.1) is 17.8 Å². The Morgan fingerprint density at radius 1 is 1.00 bits per heavy atom. The number of nitrogens with zero attached hydrogens (tertiary/aromatic N) is 1. The van der Waals surface area contributed by atoms with E-state index < -0.39 is 0 Å². The van der Waals surface area contributed by atoms with Gasteiger partial charge in [0.25, 0.3) is 0 Å². The molecule has 3 unspecified atom stereocenters. The van der Waals surface area contributed by atoms with Gasteiger partial charge in [-0.15, -0.1) is 0 Å². The molecule has 2 nitrogen and oxygen atoms in total. The first kappa shape index (κ1) is 11.0. The van der Waals surface area contributed by atoms with E-state index in [4.69, 9.17) is 5.73 Å². The van der Waals surface area contributed by atoms with E-state index in [1.165, 1.54) is 38.6 Å². The van der Waals surface area contributed by atoms with Crippen LogP contribution < -0.4 is 5.73 Å².